The van der Waals surface area contributed by atoms with Crippen LogP contribution in [0.1, 0.15) is 32.8 Å². The maximum absolute atomic E-state index is 12.1. The Hall–Kier alpha value is -1.91. The van der Waals surface area contributed by atoms with Crippen LogP contribution in [0.3, 0.4) is 0 Å². The van der Waals surface area contributed by atoms with Crippen molar-refractivity contribution in [3.05, 3.63) is 30.1 Å². The number of carbonyl (C=O) groups excluding carboxylic acids is 1. The summed E-state index contributed by atoms with van der Waals surface area (Å²) >= 11 is 0. The highest BCUT2D eigenvalue weighted by Crippen LogP contribution is 2.15. The van der Waals surface area contributed by atoms with Crippen molar-refractivity contribution in [2.24, 2.45) is 0 Å². The van der Waals surface area contributed by atoms with Crippen molar-refractivity contribution in [2.75, 3.05) is 6.54 Å². The molecule has 1 rings (SSSR count). The molecule has 1 aromatic rings. The summed E-state index contributed by atoms with van der Waals surface area (Å²) in [4.78, 5) is 28.3. The van der Waals surface area contributed by atoms with E-state index in [0.29, 0.717) is 12.8 Å². The van der Waals surface area contributed by atoms with Gasteiger partial charge in [-0.3, -0.25) is 14.6 Å². The monoisotopic (exact) mass is 264 g/mol. The highest BCUT2D eigenvalue weighted by molar-refractivity contribution is 5.82. The van der Waals surface area contributed by atoms with Crippen LogP contribution in [0.5, 0.6) is 0 Å². The van der Waals surface area contributed by atoms with Crippen molar-refractivity contribution in [1.29, 1.82) is 0 Å². The fourth-order valence-corrected chi connectivity index (χ4v) is 1.77. The molecule has 104 valence electrons. The lowest BCUT2D eigenvalue weighted by molar-refractivity contribution is -0.148. The molecular formula is C14H20N2O3. The maximum Gasteiger partial charge on any atom is 0.323 e. The van der Waals surface area contributed by atoms with E-state index in [1.54, 1.807) is 12.4 Å². The average Bonchev–Trinajstić information content (AvgIpc) is 2.33. The Morgan fingerprint density at radius 2 is 1.84 bits per heavy atom. The Bertz CT molecular complexity index is 438. The number of aliphatic carboxylic acids is 1. The third-order valence-electron chi connectivity index (χ3n) is 2.78. The molecule has 19 heavy (non-hydrogen) atoms. The van der Waals surface area contributed by atoms with Crippen LogP contribution in [0, 0.1) is 0 Å². The SMILES string of the molecule is CC(C)(C)N(CC(=O)O)C(=O)CCc1ccncc1. The van der Waals surface area contributed by atoms with Crippen molar-refractivity contribution in [1.82, 2.24) is 9.88 Å². The van der Waals surface area contributed by atoms with E-state index in [1.165, 1.54) is 4.90 Å². The topological polar surface area (TPSA) is 70.5 Å². The summed E-state index contributed by atoms with van der Waals surface area (Å²) in [5.41, 5.74) is 0.529. The first-order valence-corrected chi connectivity index (χ1v) is 6.22. The zero-order valence-corrected chi connectivity index (χ0v) is 11.6. The maximum atomic E-state index is 12.1. The van der Waals surface area contributed by atoms with Crippen molar-refractivity contribution in [3.8, 4) is 0 Å². The first-order chi connectivity index (χ1) is 8.80. The molecule has 0 atom stereocenters. The van der Waals surface area contributed by atoms with Gasteiger partial charge in [0, 0.05) is 24.4 Å². The second-order valence-corrected chi connectivity index (χ2v) is 5.40. The quantitative estimate of drug-likeness (QED) is 0.879. The molecule has 1 heterocycles. The number of hydrogen-bond donors (Lipinski definition) is 1. The standard InChI is InChI=1S/C14H20N2O3/c1-14(2,3)16(10-13(18)19)12(17)5-4-11-6-8-15-9-7-11/h6-9H,4-5,10H2,1-3H3,(H,18,19). The second-order valence-electron chi connectivity index (χ2n) is 5.40. The van der Waals surface area contributed by atoms with E-state index in [0.717, 1.165) is 5.56 Å². The van der Waals surface area contributed by atoms with Crippen LogP contribution < -0.4 is 0 Å². The Kier molecular flexibility index (Phi) is 5.03. The van der Waals surface area contributed by atoms with Gasteiger partial charge in [0.15, 0.2) is 0 Å². The molecule has 0 unspecified atom stereocenters. The van der Waals surface area contributed by atoms with Crippen LogP contribution in [0.2, 0.25) is 0 Å². The molecule has 0 aliphatic heterocycles. The summed E-state index contributed by atoms with van der Waals surface area (Å²) in [6.45, 7) is 5.24. The van der Waals surface area contributed by atoms with Crippen molar-refractivity contribution >= 4 is 11.9 Å². The predicted octanol–water partition coefficient (Wildman–Crippen LogP) is 1.73. The number of rotatable bonds is 5. The number of pyridine rings is 1. The van der Waals surface area contributed by atoms with Gasteiger partial charge in [-0.15, -0.1) is 0 Å². The van der Waals surface area contributed by atoms with Crippen molar-refractivity contribution in [2.45, 2.75) is 39.2 Å². The fourth-order valence-electron chi connectivity index (χ4n) is 1.77. The van der Waals surface area contributed by atoms with Crippen molar-refractivity contribution < 1.29 is 14.7 Å². The molecule has 0 aliphatic rings. The van der Waals surface area contributed by atoms with Crippen molar-refractivity contribution in [3.63, 3.8) is 0 Å². The predicted molar refractivity (Wildman–Crippen MR) is 71.7 cm³/mol. The summed E-state index contributed by atoms with van der Waals surface area (Å²) in [6, 6.07) is 3.71. The molecule has 5 nitrogen and oxygen atoms in total. The van der Waals surface area contributed by atoms with Gasteiger partial charge in [0.25, 0.3) is 0 Å². The van der Waals surface area contributed by atoms with Gasteiger partial charge in [0.1, 0.15) is 6.54 Å². The van der Waals surface area contributed by atoms with Gasteiger partial charge in [-0.05, 0) is 44.9 Å². The number of amides is 1. The third kappa shape index (κ3) is 5.07. The van der Waals surface area contributed by atoms with E-state index < -0.39 is 11.5 Å². The third-order valence-corrected chi connectivity index (χ3v) is 2.78. The van der Waals surface area contributed by atoms with Crippen LogP contribution in [0.25, 0.3) is 0 Å². The number of carboxylic acids is 1. The minimum atomic E-state index is -0.993. The first-order valence-electron chi connectivity index (χ1n) is 6.22. The van der Waals surface area contributed by atoms with E-state index in [2.05, 4.69) is 4.98 Å². The molecule has 0 aromatic carbocycles. The molecule has 0 spiro atoms. The largest absolute Gasteiger partial charge is 0.480 e. The number of carboxylic acid groups (broad SMARTS) is 1. The molecule has 1 N–H and O–H groups in total. The molecule has 0 radical (unpaired) electrons. The van der Waals surface area contributed by atoms with E-state index in [9.17, 15) is 9.59 Å². The molecule has 0 saturated carbocycles. The van der Waals surface area contributed by atoms with Gasteiger partial charge in [-0.1, -0.05) is 0 Å². The van der Waals surface area contributed by atoms with Gasteiger partial charge in [0.2, 0.25) is 5.91 Å². The Balaban J connectivity index is 2.65. The lowest BCUT2D eigenvalue weighted by Gasteiger charge is -2.34. The Labute approximate surface area is 113 Å². The second kappa shape index (κ2) is 6.31. The summed E-state index contributed by atoms with van der Waals surface area (Å²) in [7, 11) is 0. The summed E-state index contributed by atoms with van der Waals surface area (Å²) < 4.78 is 0. The van der Waals surface area contributed by atoms with Crippen LogP contribution in [-0.4, -0.2) is 39.0 Å². The summed E-state index contributed by atoms with van der Waals surface area (Å²) in [5.74, 6) is -1.14. The molecule has 0 saturated heterocycles. The molecule has 1 aromatic heterocycles. The van der Waals surface area contributed by atoms with Crippen LogP contribution >= 0.6 is 0 Å². The molecule has 0 aliphatic carbocycles. The van der Waals surface area contributed by atoms with Gasteiger partial charge in [0.05, 0.1) is 0 Å². The average molecular weight is 264 g/mol. The Morgan fingerprint density at radius 3 is 2.32 bits per heavy atom. The van der Waals surface area contributed by atoms with Gasteiger partial charge in [-0.2, -0.15) is 0 Å². The number of carbonyl (C=O) groups is 2. The Morgan fingerprint density at radius 1 is 1.26 bits per heavy atom. The van der Waals surface area contributed by atoms with Crippen LogP contribution in [0.4, 0.5) is 0 Å². The molecule has 0 bridgehead atoms. The van der Waals surface area contributed by atoms with E-state index in [-0.39, 0.29) is 12.5 Å². The highest BCUT2D eigenvalue weighted by Gasteiger charge is 2.27. The molecular weight excluding hydrogens is 244 g/mol. The molecule has 1 amide bonds. The molecule has 5 heteroatoms. The van der Waals surface area contributed by atoms with Gasteiger partial charge >= 0.3 is 5.97 Å². The minimum Gasteiger partial charge on any atom is -0.480 e. The zero-order valence-electron chi connectivity index (χ0n) is 11.6. The normalized spacial score (nSPS) is 11.1. The summed E-state index contributed by atoms with van der Waals surface area (Å²) in [5, 5.41) is 8.88. The summed E-state index contributed by atoms with van der Waals surface area (Å²) in [6.07, 6.45) is 4.25. The number of hydrogen-bond acceptors (Lipinski definition) is 3. The minimum absolute atomic E-state index is 0.147. The highest BCUT2D eigenvalue weighted by atomic mass is 16.4. The van der Waals surface area contributed by atoms with E-state index >= 15 is 0 Å². The van der Waals surface area contributed by atoms with Gasteiger partial charge in [-0.25, -0.2) is 0 Å². The van der Waals surface area contributed by atoms with E-state index in [1.807, 2.05) is 32.9 Å². The lowest BCUT2D eigenvalue weighted by atomic mass is 10.0. The first kappa shape index (κ1) is 15.1. The van der Waals surface area contributed by atoms with Gasteiger partial charge < -0.3 is 10.0 Å². The number of aryl methyl sites for hydroxylation is 1. The lowest BCUT2D eigenvalue weighted by Crippen LogP contribution is -2.48. The van der Waals surface area contributed by atoms with E-state index in [4.69, 9.17) is 5.11 Å². The fraction of sp³-hybridized carbons (Fsp3) is 0.500. The smallest absolute Gasteiger partial charge is 0.323 e. The van der Waals surface area contributed by atoms with Crippen LogP contribution in [-0.2, 0) is 16.0 Å². The zero-order chi connectivity index (χ0) is 14.5. The molecule has 0 fully saturated rings. The number of nitrogens with zero attached hydrogens (tertiary/aromatic N) is 2. The number of aromatic nitrogens is 1. The van der Waals surface area contributed by atoms with Crippen LogP contribution in [0.15, 0.2) is 24.5 Å².